The van der Waals surface area contributed by atoms with Gasteiger partial charge in [0, 0.05) is 36.5 Å². The summed E-state index contributed by atoms with van der Waals surface area (Å²) in [6.07, 6.45) is 4.66. The van der Waals surface area contributed by atoms with Crippen molar-refractivity contribution in [1.82, 2.24) is 20.2 Å². The minimum Gasteiger partial charge on any atom is -0.493 e. The van der Waals surface area contributed by atoms with E-state index in [-0.39, 0.29) is 5.39 Å². The van der Waals surface area contributed by atoms with E-state index in [9.17, 15) is 9.18 Å². The van der Waals surface area contributed by atoms with E-state index < -0.39 is 11.4 Å². The highest BCUT2D eigenvalue weighted by Gasteiger charge is 2.28. The molecule has 1 aromatic carbocycles. The fraction of sp³-hybridized carbons (Fsp3) is 0.619. The summed E-state index contributed by atoms with van der Waals surface area (Å²) in [7, 11) is 0. The zero-order valence-corrected chi connectivity index (χ0v) is 17.3. The van der Waals surface area contributed by atoms with Crippen molar-refractivity contribution < 1.29 is 9.13 Å². The minimum absolute atomic E-state index is 0.0138. The number of piperidine rings is 1. The van der Waals surface area contributed by atoms with E-state index in [1.54, 1.807) is 6.07 Å². The molecule has 0 radical (unpaired) electrons. The molecule has 2 aliphatic heterocycles. The average Bonchev–Trinajstić information content (AvgIpc) is 3.48. The van der Waals surface area contributed by atoms with Crippen LogP contribution in [-0.2, 0) is 5.75 Å². The maximum Gasteiger partial charge on any atom is 0.261 e. The Morgan fingerprint density at radius 2 is 2.00 bits per heavy atom. The van der Waals surface area contributed by atoms with Crippen LogP contribution >= 0.6 is 11.8 Å². The fourth-order valence-electron chi connectivity index (χ4n) is 4.03. The third kappa shape index (κ3) is 4.44. The lowest BCUT2D eigenvalue weighted by Gasteiger charge is -2.42. The number of fused-ring (bicyclic) bond motifs is 1. The largest absolute Gasteiger partial charge is 0.493 e. The molecule has 3 aliphatic rings. The van der Waals surface area contributed by atoms with Crippen molar-refractivity contribution in [3.8, 4) is 5.75 Å². The van der Waals surface area contributed by atoms with E-state index in [0.717, 1.165) is 39.0 Å². The number of likely N-dealkylation sites (tertiary alicyclic amines) is 1. The van der Waals surface area contributed by atoms with Crippen LogP contribution in [0.4, 0.5) is 4.39 Å². The molecule has 8 heteroatoms. The van der Waals surface area contributed by atoms with E-state index in [0.29, 0.717) is 46.7 Å². The molecule has 0 amide bonds. The van der Waals surface area contributed by atoms with E-state index in [4.69, 9.17) is 4.74 Å². The van der Waals surface area contributed by atoms with Crippen LogP contribution in [0.2, 0.25) is 0 Å². The van der Waals surface area contributed by atoms with E-state index >= 15 is 0 Å². The second kappa shape index (κ2) is 8.24. The van der Waals surface area contributed by atoms with Crippen molar-refractivity contribution >= 4 is 22.7 Å². The second-order valence-electron chi connectivity index (χ2n) is 8.42. The van der Waals surface area contributed by atoms with E-state index in [1.807, 2.05) is 11.8 Å². The van der Waals surface area contributed by atoms with Crippen molar-refractivity contribution in [1.29, 1.82) is 0 Å². The first-order chi connectivity index (χ1) is 14.2. The second-order valence-corrected chi connectivity index (χ2v) is 9.71. The molecule has 0 atom stereocenters. The summed E-state index contributed by atoms with van der Waals surface area (Å²) in [6.45, 7) is 5.11. The van der Waals surface area contributed by atoms with Gasteiger partial charge in [-0.1, -0.05) is 0 Å². The summed E-state index contributed by atoms with van der Waals surface area (Å²) < 4.78 is 20.1. The highest BCUT2D eigenvalue weighted by molar-refractivity contribution is 7.99. The number of ether oxygens (including phenoxy) is 1. The van der Waals surface area contributed by atoms with Crippen LogP contribution in [-0.4, -0.2) is 58.9 Å². The zero-order valence-electron chi connectivity index (χ0n) is 16.5. The molecule has 1 aromatic heterocycles. The molecule has 0 spiro atoms. The summed E-state index contributed by atoms with van der Waals surface area (Å²) >= 11 is 1.84. The van der Waals surface area contributed by atoms with Crippen molar-refractivity contribution in [3.63, 3.8) is 0 Å². The number of rotatable bonds is 7. The summed E-state index contributed by atoms with van der Waals surface area (Å²) in [4.78, 5) is 22.3. The van der Waals surface area contributed by atoms with Crippen LogP contribution in [0.25, 0.3) is 10.9 Å². The lowest BCUT2D eigenvalue weighted by atomic mass is 10.0. The van der Waals surface area contributed by atoms with Gasteiger partial charge in [-0.3, -0.25) is 9.69 Å². The highest BCUT2D eigenvalue weighted by atomic mass is 32.2. The average molecular weight is 419 g/mol. The molecule has 156 valence electrons. The molecular formula is C21H27FN4O2S. The number of hydrogen-bond donors (Lipinski definition) is 2. The summed E-state index contributed by atoms with van der Waals surface area (Å²) in [5.41, 5.74) is -0.0356. The van der Waals surface area contributed by atoms with Crippen molar-refractivity contribution in [2.24, 2.45) is 5.92 Å². The monoisotopic (exact) mass is 418 g/mol. The van der Waals surface area contributed by atoms with Gasteiger partial charge in [0.15, 0.2) is 0 Å². The maximum atomic E-state index is 14.4. The molecule has 6 nitrogen and oxygen atoms in total. The minimum atomic E-state index is -0.570. The molecule has 0 unspecified atom stereocenters. The third-order valence-electron chi connectivity index (χ3n) is 6.17. The van der Waals surface area contributed by atoms with Crippen LogP contribution in [0.3, 0.4) is 0 Å². The predicted octanol–water partition coefficient (Wildman–Crippen LogP) is 2.52. The SMILES string of the molecule is O=c1[nH]c(CSC2CCN(C3CNC3)CC2)nc2cc(OCC3CC3)cc(F)c12. The van der Waals surface area contributed by atoms with Gasteiger partial charge in [0.25, 0.3) is 5.56 Å². The summed E-state index contributed by atoms with van der Waals surface area (Å²) in [5, 5.41) is 3.92. The lowest BCUT2D eigenvalue weighted by molar-refractivity contribution is 0.123. The molecule has 3 heterocycles. The van der Waals surface area contributed by atoms with E-state index in [2.05, 4.69) is 20.2 Å². The summed E-state index contributed by atoms with van der Waals surface area (Å²) in [5.74, 6) is 1.71. The molecule has 1 saturated carbocycles. The van der Waals surface area contributed by atoms with Crippen molar-refractivity contribution in [3.05, 3.63) is 34.1 Å². The number of nitrogens with one attached hydrogen (secondary N) is 2. The number of nitrogens with zero attached hydrogens (tertiary/aromatic N) is 2. The topological polar surface area (TPSA) is 70.2 Å². The number of H-pyrrole nitrogens is 1. The van der Waals surface area contributed by atoms with Gasteiger partial charge in [-0.2, -0.15) is 11.8 Å². The number of halogens is 1. The standard InChI is InChI=1S/C21H27FN4O2S/c22-17-7-15(28-11-13-1-2-13)8-18-20(17)21(27)25-19(24-18)12-29-16-3-5-26(6-4-16)14-9-23-10-14/h7-8,13-14,16,23H,1-6,9-12H2,(H,24,25,27). The Morgan fingerprint density at radius 3 is 2.69 bits per heavy atom. The zero-order chi connectivity index (χ0) is 19.8. The van der Waals surface area contributed by atoms with Gasteiger partial charge in [-0.05, 0) is 44.7 Å². The molecular weight excluding hydrogens is 391 g/mol. The molecule has 3 fully saturated rings. The number of benzene rings is 1. The Morgan fingerprint density at radius 1 is 1.21 bits per heavy atom. The molecule has 2 N–H and O–H groups in total. The molecule has 2 saturated heterocycles. The van der Waals surface area contributed by atoms with Gasteiger partial charge in [0.05, 0.1) is 17.9 Å². The van der Waals surface area contributed by atoms with Crippen molar-refractivity contribution in [2.45, 2.75) is 42.7 Å². The van der Waals surface area contributed by atoms with Crippen LogP contribution in [0.15, 0.2) is 16.9 Å². The van der Waals surface area contributed by atoms with Gasteiger partial charge in [0.1, 0.15) is 22.8 Å². The van der Waals surface area contributed by atoms with Crippen LogP contribution in [0.5, 0.6) is 5.75 Å². The van der Waals surface area contributed by atoms with Gasteiger partial charge < -0.3 is 15.0 Å². The van der Waals surface area contributed by atoms with E-state index in [1.165, 1.54) is 18.9 Å². The number of aromatic amines is 1. The maximum absolute atomic E-state index is 14.4. The Hall–Kier alpha value is -1.64. The Bertz CT molecular complexity index is 936. The highest BCUT2D eigenvalue weighted by Crippen LogP contribution is 2.31. The third-order valence-corrected chi connectivity index (χ3v) is 7.56. The number of thioether (sulfide) groups is 1. The lowest BCUT2D eigenvalue weighted by Crippen LogP contribution is -2.58. The fourth-order valence-corrected chi connectivity index (χ4v) is 5.11. The van der Waals surface area contributed by atoms with Crippen LogP contribution < -0.4 is 15.6 Å². The first kappa shape index (κ1) is 19.3. The Labute approximate surface area is 173 Å². The van der Waals surface area contributed by atoms with Gasteiger partial charge in [-0.25, -0.2) is 9.37 Å². The smallest absolute Gasteiger partial charge is 0.261 e. The summed E-state index contributed by atoms with van der Waals surface area (Å²) in [6, 6.07) is 3.70. The first-order valence-electron chi connectivity index (χ1n) is 10.6. The quantitative estimate of drug-likeness (QED) is 0.720. The molecule has 2 aromatic rings. The van der Waals surface area contributed by atoms with Gasteiger partial charge in [-0.15, -0.1) is 0 Å². The first-order valence-corrected chi connectivity index (χ1v) is 11.6. The Balaban J connectivity index is 1.24. The molecule has 1 aliphatic carbocycles. The van der Waals surface area contributed by atoms with Crippen LogP contribution in [0.1, 0.15) is 31.5 Å². The van der Waals surface area contributed by atoms with Crippen molar-refractivity contribution in [2.75, 3.05) is 32.8 Å². The number of hydrogen-bond acceptors (Lipinski definition) is 6. The molecule has 0 bridgehead atoms. The number of aromatic nitrogens is 2. The Kier molecular flexibility index (Phi) is 5.49. The van der Waals surface area contributed by atoms with Crippen LogP contribution in [0, 0.1) is 11.7 Å². The van der Waals surface area contributed by atoms with Gasteiger partial charge >= 0.3 is 0 Å². The predicted molar refractivity (Wildman–Crippen MR) is 113 cm³/mol. The van der Waals surface area contributed by atoms with Gasteiger partial charge in [0.2, 0.25) is 0 Å². The molecule has 5 rings (SSSR count). The normalized spacial score (nSPS) is 21.4. The molecule has 29 heavy (non-hydrogen) atoms.